The number of ether oxygens (including phenoxy) is 1. The lowest BCUT2D eigenvalue weighted by molar-refractivity contribution is 0.194. The van der Waals surface area contributed by atoms with E-state index in [2.05, 4.69) is 10.3 Å². The molecule has 0 bridgehead atoms. The van der Waals surface area contributed by atoms with Crippen LogP contribution in [0.3, 0.4) is 0 Å². The molecule has 6 heteroatoms. The first-order chi connectivity index (χ1) is 9.24. The number of hydrogen-bond donors (Lipinski definition) is 2. The Balaban J connectivity index is 1.82. The summed E-state index contributed by atoms with van der Waals surface area (Å²) in [4.78, 5) is 4.83. The van der Waals surface area contributed by atoms with E-state index in [9.17, 15) is 9.50 Å². The topological polar surface area (TPSA) is 54.4 Å². The van der Waals surface area contributed by atoms with Gasteiger partial charge in [-0.15, -0.1) is 0 Å². The van der Waals surface area contributed by atoms with Crippen molar-refractivity contribution in [3.63, 3.8) is 0 Å². The van der Waals surface area contributed by atoms with E-state index in [1.165, 1.54) is 17.4 Å². The van der Waals surface area contributed by atoms with Gasteiger partial charge in [0, 0.05) is 12.5 Å². The van der Waals surface area contributed by atoms with Crippen molar-refractivity contribution in [2.75, 3.05) is 18.5 Å². The van der Waals surface area contributed by atoms with E-state index in [0.29, 0.717) is 24.0 Å². The molecule has 4 nitrogen and oxygen atoms in total. The molecule has 0 radical (unpaired) electrons. The molecular formula is C13H13FN2O2S. The Labute approximate surface area is 113 Å². The van der Waals surface area contributed by atoms with Gasteiger partial charge in [0.2, 0.25) is 5.88 Å². The molecule has 2 heterocycles. The second-order valence-corrected chi connectivity index (χ2v) is 5.40. The van der Waals surface area contributed by atoms with E-state index in [4.69, 9.17) is 4.74 Å². The summed E-state index contributed by atoms with van der Waals surface area (Å²) in [6.07, 6.45) is 0.884. The third-order valence-corrected chi connectivity index (χ3v) is 4.17. The first kappa shape index (κ1) is 12.4. The molecule has 1 aliphatic rings. The molecule has 1 atom stereocenters. The number of para-hydroxylation sites is 1. The summed E-state index contributed by atoms with van der Waals surface area (Å²) in [7, 11) is 0. The minimum Gasteiger partial charge on any atom is -0.492 e. The molecule has 19 heavy (non-hydrogen) atoms. The molecule has 2 N–H and O–H groups in total. The van der Waals surface area contributed by atoms with Crippen molar-refractivity contribution < 1.29 is 14.2 Å². The van der Waals surface area contributed by atoms with E-state index < -0.39 is 0 Å². The standard InChI is InChI=1S/C13H13FN2O2S/c14-9-3-1-2-4-10(9)15-13-16-12(17)11(19-13)8-5-6-18-7-8/h1-4,8,17H,5-7H2,(H,15,16). The van der Waals surface area contributed by atoms with Crippen LogP contribution in [0.1, 0.15) is 17.2 Å². The molecule has 3 rings (SSSR count). The van der Waals surface area contributed by atoms with Crippen LogP contribution in [-0.2, 0) is 4.74 Å². The van der Waals surface area contributed by atoms with Crippen LogP contribution in [-0.4, -0.2) is 23.3 Å². The van der Waals surface area contributed by atoms with Gasteiger partial charge < -0.3 is 15.2 Å². The molecule has 1 fully saturated rings. The predicted octanol–water partition coefficient (Wildman–Crippen LogP) is 3.24. The van der Waals surface area contributed by atoms with E-state index in [1.807, 2.05) is 0 Å². The fraction of sp³-hybridized carbons (Fsp3) is 0.308. The zero-order valence-electron chi connectivity index (χ0n) is 10.1. The van der Waals surface area contributed by atoms with E-state index in [-0.39, 0.29) is 17.6 Å². The quantitative estimate of drug-likeness (QED) is 0.906. The van der Waals surface area contributed by atoms with E-state index >= 15 is 0 Å². The summed E-state index contributed by atoms with van der Waals surface area (Å²) in [6.45, 7) is 1.31. The molecule has 0 saturated carbocycles. The fourth-order valence-electron chi connectivity index (χ4n) is 2.06. The third kappa shape index (κ3) is 2.54. The van der Waals surface area contributed by atoms with Gasteiger partial charge in [-0.25, -0.2) is 4.39 Å². The summed E-state index contributed by atoms with van der Waals surface area (Å²) in [6, 6.07) is 6.37. The van der Waals surface area contributed by atoms with Crippen LogP contribution in [0.15, 0.2) is 24.3 Å². The first-order valence-corrected chi connectivity index (χ1v) is 6.84. The van der Waals surface area contributed by atoms with Gasteiger partial charge in [0.15, 0.2) is 5.13 Å². The van der Waals surface area contributed by atoms with E-state index in [0.717, 1.165) is 11.3 Å². The Morgan fingerprint density at radius 3 is 3.00 bits per heavy atom. The van der Waals surface area contributed by atoms with Gasteiger partial charge in [0.05, 0.1) is 17.2 Å². The number of aromatic hydroxyl groups is 1. The number of hydrogen-bond acceptors (Lipinski definition) is 5. The van der Waals surface area contributed by atoms with Gasteiger partial charge >= 0.3 is 0 Å². The van der Waals surface area contributed by atoms with Crippen molar-refractivity contribution in [2.45, 2.75) is 12.3 Å². The molecule has 1 aliphatic heterocycles. The number of halogens is 1. The molecule has 2 aromatic rings. The summed E-state index contributed by atoms with van der Waals surface area (Å²) in [5, 5.41) is 13.2. The Morgan fingerprint density at radius 1 is 1.42 bits per heavy atom. The van der Waals surface area contributed by atoms with Gasteiger partial charge in [-0.1, -0.05) is 23.5 Å². The maximum Gasteiger partial charge on any atom is 0.227 e. The number of nitrogens with one attached hydrogen (secondary N) is 1. The molecule has 1 aromatic heterocycles. The number of aromatic nitrogens is 1. The molecule has 0 spiro atoms. The van der Waals surface area contributed by atoms with Gasteiger partial charge in [0.25, 0.3) is 0 Å². The zero-order valence-corrected chi connectivity index (χ0v) is 10.9. The predicted molar refractivity (Wildman–Crippen MR) is 71.6 cm³/mol. The Kier molecular flexibility index (Phi) is 3.35. The number of thiazole rings is 1. The third-order valence-electron chi connectivity index (χ3n) is 3.05. The average molecular weight is 280 g/mol. The summed E-state index contributed by atoms with van der Waals surface area (Å²) >= 11 is 1.34. The minimum absolute atomic E-state index is 0.0133. The Hall–Kier alpha value is -1.66. The van der Waals surface area contributed by atoms with Crippen molar-refractivity contribution >= 4 is 22.2 Å². The van der Waals surface area contributed by atoms with Gasteiger partial charge in [-0.3, -0.25) is 0 Å². The van der Waals surface area contributed by atoms with Gasteiger partial charge in [-0.05, 0) is 18.6 Å². The Bertz CT molecular complexity index is 582. The van der Waals surface area contributed by atoms with Crippen LogP contribution in [0.4, 0.5) is 15.2 Å². The highest BCUT2D eigenvalue weighted by Crippen LogP contribution is 2.39. The van der Waals surface area contributed by atoms with Crippen LogP contribution in [0.5, 0.6) is 5.88 Å². The number of anilines is 2. The van der Waals surface area contributed by atoms with Gasteiger partial charge in [-0.2, -0.15) is 4.98 Å². The molecule has 1 saturated heterocycles. The second kappa shape index (κ2) is 5.14. The van der Waals surface area contributed by atoms with Crippen LogP contribution in [0.2, 0.25) is 0 Å². The molecule has 1 unspecified atom stereocenters. The maximum atomic E-state index is 13.5. The summed E-state index contributed by atoms with van der Waals surface area (Å²) in [5.41, 5.74) is 0.352. The maximum absolute atomic E-state index is 13.5. The molecule has 0 aliphatic carbocycles. The molecular weight excluding hydrogens is 267 g/mol. The van der Waals surface area contributed by atoms with Crippen LogP contribution in [0.25, 0.3) is 0 Å². The number of benzene rings is 1. The summed E-state index contributed by atoms with van der Waals surface area (Å²) < 4.78 is 18.8. The molecule has 100 valence electrons. The highest BCUT2D eigenvalue weighted by atomic mass is 32.1. The van der Waals surface area contributed by atoms with Crippen molar-refractivity contribution in [2.24, 2.45) is 0 Å². The van der Waals surface area contributed by atoms with Gasteiger partial charge in [0.1, 0.15) is 5.82 Å². The minimum atomic E-state index is -0.345. The first-order valence-electron chi connectivity index (χ1n) is 6.03. The van der Waals surface area contributed by atoms with Crippen molar-refractivity contribution in [1.29, 1.82) is 0 Å². The Morgan fingerprint density at radius 2 is 2.26 bits per heavy atom. The lowest BCUT2D eigenvalue weighted by atomic mass is 10.1. The highest BCUT2D eigenvalue weighted by Gasteiger charge is 2.24. The number of nitrogens with zero attached hydrogens (tertiary/aromatic N) is 1. The van der Waals surface area contributed by atoms with Crippen molar-refractivity contribution in [3.05, 3.63) is 35.0 Å². The van der Waals surface area contributed by atoms with E-state index in [1.54, 1.807) is 18.2 Å². The lowest BCUT2D eigenvalue weighted by Crippen LogP contribution is -1.94. The van der Waals surface area contributed by atoms with Crippen LogP contribution >= 0.6 is 11.3 Å². The van der Waals surface area contributed by atoms with Crippen LogP contribution < -0.4 is 5.32 Å². The SMILES string of the molecule is Oc1nc(Nc2ccccc2F)sc1C1CCOC1. The fourth-order valence-corrected chi connectivity index (χ4v) is 3.05. The smallest absolute Gasteiger partial charge is 0.227 e. The van der Waals surface area contributed by atoms with Crippen molar-refractivity contribution in [3.8, 4) is 5.88 Å². The molecule has 1 aromatic carbocycles. The van der Waals surface area contributed by atoms with Crippen LogP contribution in [0, 0.1) is 5.82 Å². The largest absolute Gasteiger partial charge is 0.492 e. The molecule has 0 amide bonds. The zero-order chi connectivity index (χ0) is 13.2. The lowest BCUT2D eigenvalue weighted by Gasteiger charge is -2.03. The normalized spacial score (nSPS) is 18.7. The highest BCUT2D eigenvalue weighted by molar-refractivity contribution is 7.16. The monoisotopic (exact) mass is 280 g/mol. The average Bonchev–Trinajstić information content (AvgIpc) is 3.01. The second-order valence-electron chi connectivity index (χ2n) is 4.37. The van der Waals surface area contributed by atoms with Crippen molar-refractivity contribution in [1.82, 2.24) is 4.98 Å². The summed E-state index contributed by atoms with van der Waals surface area (Å²) in [5.74, 6) is -0.143. The number of rotatable bonds is 3.